The Morgan fingerprint density at radius 2 is 1.12 bits per heavy atom. The Hall–Kier alpha value is 0.410. The first-order valence-electron chi connectivity index (χ1n) is 4.59. The van der Waals surface area contributed by atoms with Gasteiger partial charge in [-0.3, -0.25) is 19.2 Å². The van der Waals surface area contributed by atoms with Gasteiger partial charge in [-0.15, -0.1) is 0 Å². The molecule has 0 amide bonds. The minimum absolute atomic E-state index is 1.35. The van der Waals surface area contributed by atoms with Crippen LogP contribution in [0.5, 0.6) is 0 Å². The molecule has 0 bridgehead atoms. The SMILES string of the molecule is CNP(N)(=O)NP(=O)(NC)NP(=O)(NC)NC. The van der Waals surface area contributed by atoms with Crippen molar-refractivity contribution >= 4 is 22.8 Å². The second-order valence-corrected chi connectivity index (χ2v) is 10.1. The highest BCUT2D eigenvalue weighted by Crippen LogP contribution is 2.49. The molecule has 13 heteroatoms. The van der Waals surface area contributed by atoms with Gasteiger partial charge < -0.3 is 0 Å². The molecule has 0 radical (unpaired) electrons. The third-order valence-corrected chi connectivity index (χ3v) is 8.97. The highest BCUT2D eigenvalue weighted by Gasteiger charge is 2.34. The van der Waals surface area contributed by atoms with Crippen LogP contribution in [0, 0.1) is 0 Å². The van der Waals surface area contributed by atoms with E-state index in [4.69, 9.17) is 5.50 Å². The van der Waals surface area contributed by atoms with E-state index in [1.54, 1.807) is 0 Å². The van der Waals surface area contributed by atoms with Crippen LogP contribution in [0.4, 0.5) is 0 Å². The van der Waals surface area contributed by atoms with Gasteiger partial charge in [0.25, 0.3) is 22.8 Å². The van der Waals surface area contributed by atoms with Crippen molar-refractivity contribution in [2.45, 2.75) is 0 Å². The van der Waals surface area contributed by atoms with Crippen LogP contribution in [0.1, 0.15) is 0 Å². The van der Waals surface area contributed by atoms with Crippen molar-refractivity contribution in [1.82, 2.24) is 30.1 Å². The zero-order chi connectivity index (χ0) is 13.7. The largest absolute Gasteiger partial charge is 0.294 e. The predicted octanol–water partition coefficient (Wildman–Crippen LogP) is -0.674. The molecule has 0 spiro atoms. The lowest BCUT2D eigenvalue weighted by molar-refractivity contribution is 0.542. The second kappa shape index (κ2) is 6.54. The summed E-state index contributed by atoms with van der Waals surface area (Å²) in [7, 11) is -4.78. The van der Waals surface area contributed by atoms with Crippen LogP contribution in [-0.2, 0) is 13.7 Å². The van der Waals surface area contributed by atoms with Crippen molar-refractivity contribution < 1.29 is 13.7 Å². The Balaban J connectivity index is 5.00. The summed E-state index contributed by atoms with van der Waals surface area (Å²) in [6.07, 6.45) is 0. The van der Waals surface area contributed by atoms with Gasteiger partial charge >= 0.3 is 0 Å². The molecule has 0 aliphatic rings. The van der Waals surface area contributed by atoms with Crippen LogP contribution in [0.25, 0.3) is 0 Å². The molecule has 0 aromatic carbocycles. The normalized spacial score (nSPS) is 19.6. The Morgan fingerprint density at radius 1 is 0.706 bits per heavy atom. The van der Waals surface area contributed by atoms with E-state index in [0.29, 0.717) is 0 Å². The van der Waals surface area contributed by atoms with Crippen molar-refractivity contribution in [3.05, 3.63) is 0 Å². The van der Waals surface area contributed by atoms with E-state index in [9.17, 15) is 13.7 Å². The molecule has 2 atom stereocenters. The molecule has 0 saturated heterocycles. The monoisotopic (exact) mass is 307 g/mol. The van der Waals surface area contributed by atoms with Gasteiger partial charge in [0.2, 0.25) is 0 Å². The number of nitrogens with two attached hydrogens (primary N) is 1. The van der Waals surface area contributed by atoms with Crippen LogP contribution >= 0.6 is 22.8 Å². The molecular weight excluding hydrogens is 287 g/mol. The zero-order valence-electron chi connectivity index (χ0n) is 10.1. The molecule has 104 valence electrons. The molecule has 0 saturated carbocycles. The number of rotatable bonds is 8. The van der Waals surface area contributed by atoms with Gasteiger partial charge in [0.1, 0.15) is 0 Å². The van der Waals surface area contributed by atoms with Gasteiger partial charge in [0, 0.05) is 0 Å². The van der Waals surface area contributed by atoms with Gasteiger partial charge in [0.15, 0.2) is 0 Å². The molecule has 0 rings (SSSR count). The minimum Gasteiger partial charge on any atom is -0.271 e. The van der Waals surface area contributed by atoms with Gasteiger partial charge in [-0.05, 0) is 28.2 Å². The maximum atomic E-state index is 12.2. The van der Waals surface area contributed by atoms with E-state index in [2.05, 4.69) is 30.1 Å². The van der Waals surface area contributed by atoms with Gasteiger partial charge in [0.05, 0.1) is 0 Å². The van der Waals surface area contributed by atoms with E-state index >= 15 is 0 Å². The zero-order valence-corrected chi connectivity index (χ0v) is 12.8. The average molecular weight is 307 g/mol. The summed E-state index contributed by atoms with van der Waals surface area (Å²) in [5.74, 6) is 0. The van der Waals surface area contributed by atoms with Crippen molar-refractivity contribution in [1.29, 1.82) is 0 Å². The standard InChI is InChI=1S/C4H20N7O3P3/c1-6-15(5,12)10-17(14,9-4)11-16(13,7-2)8-3/h1-4H3,(H8,5,6,7,8,9,10,11,12,13,14). The molecule has 0 fully saturated rings. The van der Waals surface area contributed by atoms with E-state index in [-0.39, 0.29) is 0 Å². The summed E-state index contributed by atoms with van der Waals surface area (Å²) in [6, 6.07) is 0. The molecule has 0 aromatic rings. The Morgan fingerprint density at radius 3 is 1.41 bits per heavy atom. The third kappa shape index (κ3) is 5.72. The first kappa shape index (κ1) is 17.4. The van der Waals surface area contributed by atoms with Crippen molar-refractivity contribution in [3.63, 3.8) is 0 Å². The number of nitrogens with one attached hydrogen (secondary N) is 6. The first-order chi connectivity index (χ1) is 7.66. The Labute approximate surface area is 101 Å². The fourth-order valence-corrected chi connectivity index (χ4v) is 6.86. The summed E-state index contributed by atoms with van der Waals surface area (Å²) in [4.78, 5) is 4.52. The van der Waals surface area contributed by atoms with Gasteiger partial charge in [-0.2, -0.15) is 9.72 Å². The summed E-state index contributed by atoms with van der Waals surface area (Å²) in [5.41, 5.74) is 5.33. The fraction of sp³-hybridized carbons (Fsp3) is 1.00. The Kier molecular flexibility index (Phi) is 6.70. The maximum Gasteiger partial charge on any atom is 0.294 e. The second-order valence-electron chi connectivity index (χ2n) is 2.97. The average Bonchev–Trinajstić information content (AvgIpc) is 2.28. The molecule has 10 nitrogen and oxygen atoms in total. The molecule has 0 aliphatic carbocycles. The fourth-order valence-electron chi connectivity index (χ4n) is 0.792. The smallest absolute Gasteiger partial charge is 0.271 e. The minimum atomic E-state index is -3.58. The highest BCUT2D eigenvalue weighted by molar-refractivity contribution is 7.79. The van der Waals surface area contributed by atoms with Crippen molar-refractivity contribution in [2.24, 2.45) is 5.50 Å². The van der Waals surface area contributed by atoms with Gasteiger partial charge in [-0.1, -0.05) is 0 Å². The van der Waals surface area contributed by atoms with Crippen LogP contribution in [-0.4, -0.2) is 28.2 Å². The molecular formula is C4H20N7O3P3. The predicted molar refractivity (Wildman–Crippen MR) is 69.5 cm³/mol. The van der Waals surface area contributed by atoms with E-state index in [1.807, 2.05) is 0 Å². The maximum absolute atomic E-state index is 12.2. The van der Waals surface area contributed by atoms with Crippen LogP contribution < -0.4 is 35.6 Å². The van der Waals surface area contributed by atoms with E-state index in [0.717, 1.165) is 0 Å². The Bertz CT molecular complexity index is 379. The first-order valence-corrected chi connectivity index (χ1v) is 9.78. The van der Waals surface area contributed by atoms with Gasteiger partial charge in [-0.25, -0.2) is 20.3 Å². The lowest BCUT2D eigenvalue weighted by Gasteiger charge is -2.27. The topological polar surface area (TPSA) is 149 Å². The van der Waals surface area contributed by atoms with E-state index < -0.39 is 22.8 Å². The van der Waals surface area contributed by atoms with Crippen LogP contribution in [0.2, 0.25) is 0 Å². The quantitative estimate of drug-likeness (QED) is 0.288. The van der Waals surface area contributed by atoms with E-state index in [1.165, 1.54) is 28.2 Å². The third-order valence-electron chi connectivity index (χ3n) is 1.85. The van der Waals surface area contributed by atoms with Crippen molar-refractivity contribution in [2.75, 3.05) is 28.2 Å². The summed E-state index contributed by atoms with van der Waals surface area (Å²) in [5, 5.41) is 9.58. The summed E-state index contributed by atoms with van der Waals surface area (Å²) >= 11 is 0. The van der Waals surface area contributed by atoms with Crippen molar-refractivity contribution in [3.8, 4) is 0 Å². The molecule has 0 aromatic heterocycles. The lowest BCUT2D eigenvalue weighted by Crippen LogP contribution is -2.36. The number of hydrogen-bond acceptors (Lipinski definition) is 3. The summed E-state index contributed by atoms with van der Waals surface area (Å²) < 4.78 is 35.8. The molecule has 0 heterocycles. The molecule has 0 aliphatic heterocycles. The van der Waals surface area contributed by atoms with Crippen LogP contribution in [0.15, 0.2) is 0 Å². The molecule has 17 heavy (non-hydrogen) atoms. The lowest BCUT2D eigenvalue weighted by atomic mass is 11.6. The molecule has 8 N–H and O–H groups in total. The number of hydrogen-bond donors (Lipinski definition) is 7. The van der Waals surface area contributed by atoms with Crippen LogP contribution in [0.3, 0.4) is 0 Å². The summed E-state index contributed by atoms with van der Waals surface area (Å²) in [6.45, 7) is 0. The highest BCUT2D eigenvalue weighted by atomic mass is 31.3. The molecule has 2 unspecified atom stereocenters.